The van der Waals surface area contributed by atoms with Crippen molar-refractivity contribution in [1.82, 2.24) is 0 Å². The van der Waals surface area contributed by atoms with Crippen molar-refractivity contribution in [2.24, 2.45) is 5.41 Å². The summed E-state index contributed by atoms with van der Waals surface area (Å²) in [6.07, 6.45) is 0.410. The number of fused-ring (bicyclic) bond motifs is 1. The number of carbonyl (C=O) groups is 1. The molecule has 0 bridgehead atoms. The number of hydrogen-bond donors (Lipinski definition) is 1. The first-order valence-corrected chi connectivity index (χ1v) is 5.89. The summed E-state index contributed by atoms with van der Waals surface area (Å²) in [6, 6.07) is 4.86. The molecule has 0 amide bonds. The fourth-order valence-corrected chi connectivity index (χ4v) is 2.30. The molecule has 1 aliphatic rings. The van der Waals surface area contributed by atoms with E-state index in [4.69, 9.17) is 9.47 Å². The zero-order chi connectivity index (χ0) is 13.6. The molecule has 0 saturated carbocycles. The SMILES string of the molecule is COC(=O)C1(C(C)(C)C)Cc2cc(O)ccc2O1. The van der Waals surface area contributed by atoms with Crippen LogP contribution in [0.5, 0.6) is 11.5 Å². The minimum atomic E-state index is -1.03. The average Bonchev–Trinajstić information content (AvgIpc) is 2.67. The number of esters is 1. The average molecular weight is 250 g/mol. The van der Waals surface area contributed by atoms with Gasteiger partial charge in [-0.1, -0.05) is 20.8 Å². The molecule has 1 atom stereocenters. The molecule has 1 aliphatic heterocycles. The third-order valence-electron chi connectivity index (χ3n) is 3.49. The first-order chi connectivity index (χ1) is 8.30. The van der Waals surface area contributed by atoms with Crippen LogP contribution in [0.25, 0.3) is 0 Å². The number of ether oxygens (including phenoxy) is 2. The lowest BCUT2D eigenvalue weighted by atomic mass is 9.74. The molecule has 1 aromatic carbocycles. The molecule has 0 aromatic heterocycles. The number of phenolic OH excluding ortho intramolecular Hbond substituents is 1. The number of phenols is 1. The quantitative estimate of drug-likeness (QED) is 0.777. The molecule has 0 saturated heterocycles. The van der Waals surface area contributed by atoms with E-state index >= 15 is 0 Å². The first kappa shape index (κ1) is 12.7. The highest BCUT2D eigenvalue weighted by Gasteiger charge is 2.55. The topological polar surface area (TPSA) is 55.8 Å². The van der Waals surface area contributed by atoms with Crippen LogP contribution < -0.4 is 4.74 Å². The second-order valence-corrected chi connectivity index (χ2v) is 5.64. The third kappa shape index (κ3) is 1.72. The summed E-state index contributed by atoms with van der Waals surface area (Å²) in [7, 11) is 1.36. The Labute approximate surface area is 107 Å². The molecule has 1 aromatic rings. The molecule has 18 heavy (non-hydrogen) atoms. The summed E-state index contributed by atoms with van der Waals surface area (Å²) in [4.78, 5) is 12.1. The van der Waals surface area contributed by atoms with Gasteiger partial charge in [-0.15, -0.1) is 0 Å². The fourth-order valence-electron chi connectivity index (χ4n) is 2.30. The van der Waals surface area contributed by atoms with Gasteiger partial charge in [0, 0.05) is 17.4 Å². The van der Waals surface area contributed by atoms with Crippen molar-refractivity contribution in [3.63, 3.8) is 0 Å². The molecule has 1 heterocycles. The van der Waals surface area contributed by atoms with Gasteiger partial charge in [0.2, 0.25) is 5.60 Å². The van der Waals surface area contributed by atoms with Crippen molar-refractivity contribution in [2.45, 2.75) is 32.8 Å². The predicted octanol–water partition coefficient (Wildman–Crippen LogP) is 2.29. The summed E-state index contributed by atoms with van der Waals surface area (Å²) in [5.41, 5.74) is -0.609. The number of carbonyl (C=O) groups excluding carboxylic acids is 1. The molecule has 98 valence electrons. The lowest BCUT2D eigenvalue weighted by Gasteiger charge is -2.37. The van der Waals surface area contributed by atoms with Gasteiger partial charge >= 0.3 is 5.97 Å². The predicted molar refractivity (Wildman–Crippen MR) is 66.6 cm³/mol. The van der Waals surface area contributed by atoms with Crippen molar-refractivity contribution in [1.29, 1.82) is 0 Å². The van der Waals surface area contributed by atoms with Crippen LogP contribution in [-0.4, -0.2) is 23.8 Å². The number of methoxy groups -OCH3 is 1. The van der Waals surface area contributed by atoms with E-state index in [0.29, 0.717) is 12.2 Å². The standard InChI is InChI=1S/C14H18O4/c1-13(2,3)14(12(16)17-4)8-9-7-10(15)5-6-11(9)18-14/h5-7,15H,8H2,1-4H3. The third-order valence-corrected chi connectivity index (χ3v) is 3.49. The van der Waals surface area contributed by atoms with Crippen molar-refractivity contribution in [2.75, 3.05) is 7.11 Å². The summed E-state index contributed by atoms with van der Waals surface area (Å²) in [6.45, 7) is 5.82. The number of hydrogen-bond acceptors (Lipinski definition) is 4. The van der Waals surface area contributed by atoms with Crippen LogP contribution in [-0.2, 0) is 16.0 Å². The van der Waals surface area contributed by atoms with E-state index in [9.17, 15) is 9.90 Å². The molecule has 1 N–H and O–H groups in total. The summed E-state index contributed by atoms with van der Waals surface area (Å²) in [5.74, 6) is 0.422. The van der Waals surface area contributed by atoms with Crippen LogP contribution in [0.4, 0.5) is 0 Å². The number of rotatable bonds is 1. The van der Waals surface area contributed by atoms with E-state index in [2.05, 4.69) is 0 Å². The van der Waals surface area contributed by atoms with Crippen LogP contribution in [0.15, 0.2) is 18.2 Å². The number of benzene rings is 1. The van der Waals surface area contributed by atoms with Gasteiger partial charge < -0.3 is 14.6 Å². The Morgan fingerprint density at radius 3 is 2.67 bits per heavy atom. The molecule has 2 rings (SSSR count). The van der Waals surface area contributed by atoms with E-state index < -0.39 is 11.0 Å². The summed E-state index contributed by atoms with van der Waals surface area (Å²) in [5, 5.41) is 9.49. The Hall–Kier alpha value is -1.71. The van der Waals surface area contributed by atoms with Gasteiger partial charge in [-0.25, -0.2) is 4.79 Å². The van der Waals surface area contributed by atoms with Gasteiger partial charge in [0.15, 0.2) is 0 Å². The highest BCUT2D eigenvalue weighted by atomic mass is 16.6. The van der Waals surface area contributed by atoms with Crippen LogP contribution in [0, 0.1) is 5.41 Å². The molecule has 1 unspecified atom stereocenters. The van der Waals surface area contributed by atoms with Gasteiger partial charge in [-0.3, -0.25) is 0 Å². The molecular weight excluding hydrogens is 232 g/mol. The summed E-state index contributed by atoms with van der Waals surface area (Å²) < 4.78 is 10.8. The van der Waals surface area contributed by atoms with Crippen molar-refractivity contribution in [3.05, 3.63) is 23.8 Å². The fraction of sp³-hybridized carbons (Fsp3) is 0.500. The van der Waals surface area contributed by atoms with Crippen molar-refractivity contribution < 1.29 is 19.4 Å². The maximum absolute atomic E-state index is 12.1. The number of aromatic hydroxyl groups is 1. The zero-order valence-electron chi connectivity index (χ0n) is 11.1. The molecule has 4 nitrogen and oxygen atoms in total. The van der Waals surface area contributed by atoms with E-state index in [1.165, 1.54) is 7.11 Å². The minimum Gasteiger partial charge on any atom is -0.508 e. The Morgan fingerprint density at radius 1 is 1.44 bits per heavy atom. The second-order valence-electron chi connectivity index (χ2n) is 5.64. The van der Waals surface area contributed by atoms with E-state index in [-0.39, 0.29) is 11.7 Å². The van der Waals surface area contributed by atoms with E-state index in [1.54, 1.807) is 18.2 Å². The van der Waals surface area contributed by atoms with E-state index in [1.807, 2.05) is 20.8 Å². The smallest absolute Gasteiger partial charge is 0.351 e. The van der Waals surface area contributed by atoms with Crippen LogP contribution in [0.3, 0.4) is 0 Å². The molecule has 0 radical (unpaired) electrons. The normalized spacial score (nSPS) is 22.2. The van der Waals surface area contributed by atoms with Gasteiger partial charge in [0.1, 0.15) is 11.5 Å². The monoisotopic (exact) mass is 250 g/mol. The molecule has 0 aliphatic carbocycles. The van der Waals surface area contributed by atoms with Crippen molar-refractivity contribution >= 4 is 5.97 Å². The van der Waals surface area contributed by atoms with Gasteiger partial charge in [0.05, 0.1) is 7.11 Å². The highest BCUT2D eigenvalue weighted by molar-refractivity contribution is 5.83. The lowest BCUT2D eigenvalue weighted by Crippen LogP contribution is -2.54. The second kappa shape index (κ2) is 3.90. The minimum absolute atomic E-state index is 0.173. The first-order valence-electron chi connectivity index (χ1n) is 5.89. The molecular formula is C14H18O4. The maximum atomic E-state index is 12.1. The Bertz CT molecular complexity index is 487. The van der Waals surface area contributed by atoms with Gasteiger partial charge in [0.25, 0.3) is 0 Å². The van der Waals surface area contributed by atoms with Crippen LogP contribution in [0.1, 0.15) is 26.3 Å². The Morgan fingerprint density at radius 2 is 2.11 bits per heavy atom. The largest absolute Gasteiger partial charge is 0.508 e. The molecule has 0 fully saturated rings. The van der Waals surface area contributed by atoms with Gasteiger partial charge in [-0.05, 0) is 18.2 Å². The molecule has 0 spiro atoms. The van der Waals surface area contributed by atoms with Gasteiger partial charge in [-0.2, -0.15) is 0 Å². The van der Waals surface area contributed by atoms with Crippen molar-refractivity contribution in [3.8, 4) is 11.5 Å². The van der Waals surface area contributed by atoms with Crippen LogP contribution in [0.2, 0.25) is 0 Å². The Balaban J connectivity index is 2.47. The lowest BCUT2D eigenvalue weighted by molar-refractivity contribution is -0.167. The molecule has 4 heteroatoms. The maximum Gasteiger partial charge on any atom is 0.351 e. The summed E-state index contributed by atoms with van der Waals surface area (Å²) >= 11 is 0. The van der Waals surface area contributed by atoms with E-state index in [0.717, 1.165) is 5.56 Å². The zero-order valence-corrected chi connectivity index (χ0v) is 11.1. The Kier molecular flexibility index (Phi) is 2.76. The highest BCUT2D eigenvalue weighted by Crippen LogP contribution is 2.46. The van der Waals surface area contributed by atoms with Crippen LogP contribution >= 0.6 is 0 Å².